The molecule has 1 saturated carbocycles. The number of aliphatic carboxylic acids is 1. The zero-order valence-electron chi connectivity index (χ0n) is 10.8. The third-order valence-electron chi connectivity index (χ3n) is 3.64. The number of aliphatic hydroxyl groups is 1. The molecule has 5 nitrogen and oxygen atoms in total. The molecular weight excluding hydrogens is 282 g/mol. The molecule has 6 heteroatoms. The highest BCUT2D eigenvalue weighted by Gasteiger charge is 2.43. The van der Waals surface area contributed by atoms with Crippen molar-refractivity contribution in [2.24, 2.45) is 0 Å². The standard InChI is InChI=1S/C14H16ClNO4/c15-10-5-3-4-9(8-10)11(17)12(18)16-14(13(19)20)6-1-2-7-14/h3-5,8,11,17H,1-2,6-7H2,(H,16,18)(H,19,20)/t11-/m1/s1. The average molecular weight is 298 g/mol. The minimum atomic E-state index is -1.43. The Bertz CT molecular complexity index is 526. The molecule has 20 heavy (non-hydrogen) atoms. The van der Waals surface area contributed by atoms with Gasteiger partial charge in [-0.25, -0.2) is 4.79 Å². The van der Waals surface area contributed by atoms with E-state index in [0.717, 1.165) is 12.8 Å². The van der Waals surface area contributed by atoms with Crippen molar-refractivity contribution in [2.45, 2.75) is 37.3 Å². The summed E-state index contributed by atoms with van der Waals surface area (Å²) in [6.45, 7) is 0. The molecule has 1 aliphatic rings. The molecule has 1 aromatic carbocycles. The van der Waals surface area contributed by atoms with E-state index < -0.39 is 23.5 Å². The van der Waals surface area contributed by atoms with Crippen LogP contribution in [0.2, 0.25) is 5.02 Å². The Balaban J connectivity index is 2.13. The number of hydrogen-bond donors (Lipinski definition) is 3. The number of benzene rings is 1. The van der Waals surface area contributed by atoms with Crippen LogP contribution in [0, 0.1) is 0 Å². The van der Waals surface area contributed by atoms with Crippen LogP contribution in [-0.2, 0) is 9.59 Å². The van der Waals surface area contributed by atoms with E-state index in [1.165, 1.54) is 6.07 Å². The summed E-state index contributed by atoms with van der Waals surface area (Å²) in [5.74, 6) is -1.77. The number of carbonyl (C=O) groups is 2. The molecule has 0 unspecified atom stereocenters. The fourth-order valence-electron chi connectivity index (χ4n) is 2.50. The van der Waals surface area contributed by atoms with Gasteiger partial charge in [-0.1, -0.05) is 36.6 Å². The third kappa shape index (κ3) is 2.94. The van der Waals surface area contributed by atoms with Gasteiger partial charge in [0, 0.05) is 5.02 Å². The number of hydrogen-bond acceptors (Lipinski definition) is 3. The van der Waals surface area contributed by atoms with Crippen LogP contribution in [-0.4, -0.2) is 27.6 Å². The van der Waals surface area contributed by atoms with Crippen molar-refractivity contribution in [1.29, 1.82) is 0 Å². The van der Waals surface area contributed by atoms with Crippen LogP contribution >= 0.6 is 11.6 Å². The van der Waals surface area contributed by atoms with Gasteiger partial charge in [0.25, 0.3) is 5.91 Å². The fraction of sp³-hybridized carbons (Fsp3) is 0.429. The lowest BCUT2D eigenvalue weighted by Gasteiger charge is -2.26. The molecule has 1 amide bonds. The highest BCUT2D eigenvalue weighted by atomic mass is 35.5. The number of nitrogens with one attached hydrogen (secondary N) is 1. The summed E-state index contributed by atoms with van der Waals surface area (Å²) in [4.78, 5) is 23.4. The van der Waals surface area contributed by atoms with Crippen molar-refractivity contribution < 1.29 is 19.8 Å². The molecule has 3 N–H and O–H groups in total. The first-order valence-corrected chi connectivity index (χ1v) is 6.81. The van der Waals surface area contributed by atoms with E-state index in [1.807, 2.05) is 0 Å². The van der Waals surface area contributed by atoms with Crippen molar-refractivity contribution in [3.63, 3.8) is 0 Å². The zero-order chi connectivity index (χ0) is 14.8. The Morgan fingerprint density at radius 2 is 1.95 bits per heavy atom. The summed E-state index contributed by atoms with van der Waals surface area (Å²) in [5.41, 5.74) is -0.912. The van der Waals surface area contributed by atoms with Gasteiger partial charge in [-0.3, -0.25) is 4.79 Å². The number of halogens is 1. The number of aliphatic hydroxyl groups excluding tert-OH is 1. The van der Waals surface area contributed by atoms with Crippen molar-refractivity contribution in [3.8, 4) is 0 Å². The van der Waals surface area contributed by atoms with E-state index in [1.54, 1.807) is 18.2 Å². The van der Waals surface area contributed by atoms with E-state index in [-0.39, 0.29) is 0 Å². The maximum absolute atomic E-state index is 12.1. The lowest BCUT2D eigenvalue weighted by atomic mass is 9.96. The van der Waals surface area contributed by atoms with E-state index in [9.17, 15) is 19.8 Å². The number of amides is 1. The summed E-state index contributed by atoms with van der Waals surface area (Å²) in [6, 6.07) is 6.30. The molecule has 1 atom stereocenters. The first-order chi connectivity index (χ1) is 9.44. The van der Waals surface area contributed by atoms with Gasteiger partial charge in [0.1, 0.15) is 5.54 Å². The molecule has 0 aliphatic heterocycles. The molecular formula is C14H16ClNO4. The molecule has 1 aromatic rings. The molecule has 2 rings (SSSR count). The smallest absolute Gasteiger partial charge is 0.329 e. The number of carboxylic acid groups (broad SMARTS) is 1. The van der Waals surface area contributed by atoms with Crippen LogP contribution in [0.25, 0.3) is 0 Å². The minimum Gasteiger partial charge on any atom is -0.480 e. The first-order valence-electron chi connectivity index (χ1n) is 6.43. The zero-order valence-corrected chi connectivity index (χ0v) is 11.6. The van der Waals surface area contributed by atoms with Crippen LogP contribution in [0.4, 0.5) is 0 Å². The van der Waals surface area contributed by atoms with Crippen LogP contribution in [0.1, 0.15) is 37.4 Å². The number of carbonyl (C=O) groups excluding carboxylic acids is 1. The van der Waals surface area contributed by atoms with Crippen molar-refractivity contribution in [1.82, 2.24) is 5.32 Å². The second-order valence-corrected chi connectivity index (χ2v) is 5.48. The topological polar surface area (TPSA) is 86.6 Å². The number of rotatable bonds is 4. The summed E-state index contributed by atoms with van der Waals surface area (Å²) in [6.07, 6.45) is 0.845. The van der Waals surface area contributed by atoms with Gasteiger partial charge < -0.3 is 15.5 Å². The molecule has 0 spiro atoms. The lowest BCUT2D eigenvalue weighted by Crippen LogP contribution is -2.53. The molecule has 1 fully saturated rings. The Hall–Kier alpha value is -1.59. The van der Waals surface area contributed by atoms with E-state index in [2.05, 4.69) is 5.32 Å². The fourth-order valence-corrected chi connectivity index (χ4v) is 2.70. The molecule has 108 valence electrons. The molecule has 0 aromatic heterocycles. The predicted octanol–water partition coefficient (Wildman–Crippen LogP) is 1.89. The normalized spacial score (nSPS) is 18.5. The summed E-state index contributed by atoms with van der Waals surface area (Å²) < 4.78 is 0. The minimum absolute atomic E-state index is 0.341. The summed E-state index contributed by atoms with van der Waals surface area (Å²) >= 11 is 5.80. The number of carboxylic acids is 1. The largest absolute Gasteiger partial charge is 0.480 e. The Labute approximate surface area is 121 Å². The molecule has 0 heterocycles. The van der Waals surface area contributed by atoms with Crippen LogP contribution in [0.3, 0.4) is 0 Å². The second kappa shape index (κ2) is 5.81. The second-order valence-electron chi connectivity index (χ2n) is 5.04. The van der Waals surface area contributed by atoms with Gasteiger partial charge >= 0.3 is 5.97 Å². The summed E-state index contributed by atoms with van der Waals surface area (Å²) in [5, 5.41) is 22.2. The predicted molar refractivity (Wildman–Crippen MR) is 73.4 cm³/mol. The average Bonchev–Trinajstić information content (AvgIpc) is 2.87. The van der Waals surface area contributed by atoms with Crippen molar-refractivity contribution in [2.75, 3.05) is 0 Å². The molecule has 0 radical (unpaired) electrons. The van der Waals surface area contributed by atoms with Crippen molar-refractivity contribution >= 4 is 23.5 Å². The quantitative estimate of drug-likeness (QED) is 0.792. The highest BCUT2D eigenvalue weighted by Crippen LogP contribution is 2.30. The monoisotopic (exact) mass is 297 g/mol. The molecule has 0 bridgehead atoms. The van der Waals surface area contributed by atoms with Crippen molar-refractivity contribution in [3.05, 3.63) is 34.9 Å². The molecule has 0 saturated heterocycles. The van der Waals surface area contributed by atoms with Gasteiger partial charge in [-0.15, -0.1) is 0 Å². The maximum atomic E-state index is 12.1. The Kier molecular flexibility index (Phi) is 4.30. The SMILES string of the molecule is O=C(NC1(C(=O)O)CCCC1)[C@H](O)c1cccc(Cl)c1. The van der Waals surface area contributed by atoms with Gasteiger partial charge in [-0.2, -0.15) is 0 Å². The van der Waals surface area contributed by atoms with Gasteiger partial charge in [0.15, 0.2) is 6.10 Å². The lowest BCUT2D eigenvalue weighted by molar-refractivity contribution is -0.149. The first kappa shape index (κ1) is 14.8. The maximum Gasteiger partial charge on any atom is 0.329 e. The van der Waals surface area contributed by atoms with Crippen LogP contribution in [0.15, 0.2) is 24.3 Å². The van der Waals surface area contributed by atoms with Gasteiger partial charge in [0.2, 0.25) is 0 Å². The molecule has 1 aliphatic carbocycles. The highest BCUT2D eigenvalue weighted by molar-refractivity contribution is 6.30. The Morgan fingerprint density at radius 1 is 1.30 bits per heavy atom. The van der Waals surface area contributed by atoms with E-state index in [0.29, 0.717) is 23.4 Å². The van der Waals surface area contributed by atoms with Gasteiger partial charge in [0.05, 0.1) is 0 Å². The third-order valence-corrected chi connectivity index (χ3v) is 3.88. The van der Waals surface area contributed by atoms with Gasteiger partial charge in [-0.05, 0) is 30.5 Å². The van der Waals surface area contributed by atoms with Crippen LogP contribution in [0.5, 0.6) is 0 Å². The van der Waals surface area contributed by atoms with E-state index in [4.69, 9.17) is 11.6 Å². The summed E-state index contributed by atoms with van der Waals surface area (Å²) in [7, 11) is 0. The van der Waals surface area contributed by atoms with E-state index >= 15 is 0 Å². The van der Waals surface area contributed by atoms with Crippen LogP contribution < -0.4 is 5.32 Å². The Morgan fingerprint density at radius 3 is 2.50 bits per heavy atom.